The van der Waals surface area contributed by atoms with Crippen molar-refractivity contribution in [2.24, 2.45) is 0 Å². The Hall–Kier alpha value is -0.483. The van der Waals surface area contributed by atoms with Crippen LogP contribution < -0.4 is 0 Å². The fourth-order valence-corrected chi connectivity index (χ4v) is 0.927. The van der Waals surface area contributed by atoms with E-state index in [4.69, 9.17) is 19.1 Å². The summed E-state index contributed by atoms with van der Waals surface area (Å²) in [4.78, 5) is 8.35. The van der Waals surface area contributed by atoms with Crippen LogP contribution in [-0.4, -0.2) is 29.3 Å². The largest absolute Gasteiger partial charge is 0.399 e. The molecule has 0 aromatic heterocycles. The highest BCUT2D eigenvalue weighted by molar-refractivity contribution is 6.17. The van der Waals surface area contributed by atoms with E-state index in [1.807, 2.05) is 13.8 Å². The van der Waals surface area contributed by atoms with Gasteiger partial charge in [0.25, 0.3) is 0 Å². The minimum absolute atomic E-state index is 0.589. The second kappa shape index (κ2) is 18.3. The second-order valence-corrected chi connectivity index (χ2v) is 3.67. The Morgan fingerprint density at radius 2 is 1.43 bits per heavy atom. The van der Waals surface area contributed by atoms with Crippen LogP contribution in [0.3, 0.4) is 0 Å². The lowest BCUT2D eigenvalue weighted by molar-refractivity contribution is 0.240. The summed E-state index contributed by atoms with van der Waals surface area (Å²) in [6, 6.07) is 0. The van der Waals surface area contributed by atoms with Gasteiger partial charge >= 0.3 is 10.0 Å². The molecule has 0 saturated heterocycles. The van der Waals surface area contributed by atoms with Crippen molar-refractivity contribution in [3.63, 3.8) is 0 Å². The van der Waals surface area contributed by atoms with Crippen molar-refractivity contribution in [1.82, 2.24) is 0 Å². The summed E-state index contributed by atoms with van der Waals surface area (Å²) in [5.74, 6) is 0. The average Bonchev–Trinajstić information content (AvgIpc) is 2.04. The summed E-state index contributed by atoms with van der Waals surface area (Å²) in [6.45, 7) is 5.55. The lowest BCUT2D eigenvalue weighted by atomic mass is 10.0. The number of rotatable bonds is 4. The van der Waals surface area contributed by atoms with Gasteiger partial charge in [0, 0.05) is 13.2 Å². The van der Waals surface area contributed by atoms with Crippen LogP contribution in [0, 0.1) is 5.41 Å². The summed E-state index contributed by atoms with van der Waals surface area (Å²) >= 11 is 0. The third kappa shape index (κ3) is 22.5. The topological polar surface area (TPSA) is 59.4 Å². The highest BCUT2D eigenvalue weighted by atomic mass is 28.3. The molecule has 1 aliphatic rings. The second-order valence-electron chi connectivity index (χ2n) is 2.62. The van der Waals surface area contributed by atoms with Crippen LogP contribution in [0.4, 0.5) is 0 Å². The Morgan fingerprint density at radius 3 is 1.57 bits per heavy atom. The van der Waals surface area contributed by atoms with Gasteiger partial charge in [-0.05, 0) is 13.8 Å². The van der Waals surface area contributed by atoms with Crippen LogP contribution in [0.2, 0.25) is 0 Å². The Morgan fingerprint density at radius 1 is 1.14 bits per heavy atom. The summed E-state index contributed by atoms with van der Waals surface area (Å²) in [7, 11) is -0.589. The number of nitrogens with one attached hydrogen (secondary N) is 1. The maximum Gasteiger partial charge on any atom is 0.304 e. The number of carbonyl (C=O) groups excluding carboxylic acids is 1. The predicted octanol–water partition coefficient (Wildman–Crippen LogP) is 1.52. The first kappa shape index (κ1) is 16.0. The molecule has 0 aliphatic heterocycles. The van der Waals surface area contributed by atoms with Crippen molar-refractivity contribution in [3.05, 3.63) is 0 Å². The van der Waals surface area contributed by atoms with Crippen LogP contribution in [0.25, 0.3) is 0 Å². The molecule has 1 rings (SSSR count). The fraction of sp³-hybridized carbons (Fsp3) is 0.889. The number of isocyanates is 1. The van der Waals surface area contributed by atoms with Gasteiger partial charge < -0.3 is 8.85 Å². The van der Waals surface area contributed by atoms with E-state index in [-0.39, 0.29) is 0 Å². The molecule has 0 bridgehead atoms. The molecule has 5 heteroatoms. The van der Waals surface area contributed by atoms with Gasteiger partial charge in [-0.2, -0.15) is 0 Å². The summed E-state index contributed by atoms with van der Waals surface area (Å²) in [5, 5.41) is 5.40. The molecular formula is C9H21NO3Si. The maximum atomic E-state index is 8.35. The Labute approximate surface area is 88.6 Å². The normalized spacial score (nSPS) is 12.1. The van der Waals surface area contributed by atoms with Gasteiger partial charge in [-0.1, -0.05) is 25.7 Å². The SMILES string of the molecule is C1CCC1.CCO[SiH2]OCC.N=C=O. The summed E-state index contributed by atoms with van der Waals surface area (Å²) < 4.78 is 9.98. The first-order chi connectivity index (χ1) is 6.83. The monoisotopic (exact) mass is 219 g/mol. The smallest absolute Gasteiger partial charge is 0.304 e. The highest BCUT2D eigenvalue weighted by Gasteiger charge is 1.95. The quantitative estimate of drug-likeness (QED) is 0.337. The van der Waals surface area contributed by atoms with Crippen LogP contribution in [0.15, 0.2) is 0 Å². The van der Waals surface area contributed by atoms with Gasteiger partial charge in [-0.15, -0.1) is 0 Å². The third-order valence-electron chi connectivity index (χ3n) is 1.57. The molecule has 4 nitrogen and oxygen atoms in total. The lowest BCUT2D eigenvalue weighted by Crippen LogP contribution is -2.02. The van der Waals surface area contributed by atoms with Crippen LogP contribution >= 0.6 is 0 Å². The van der Waals surface area contributed by atoms with Gasteiger partial charge in [0.15, 0.2) is 0 Å². The predicted molar refractivity (Wildman–Crippen MR) is 58.7 cm³/mol. The standard InChI is InChI=1S/C4H12O2Si.C4H8.CHNO/c1-3-5-7-6-4-2;1-2-4-3-1;2-1-3/h3-4,7H2,1-2H3;1-4H2;2H. The first-order valence-corrected chi connectivity index (χ1v) is 6.18. The molecule has 1 saturated carbocycles. The highest BCUT2D eigenvalue weighted by Crippen LogP contribution is 2.15. The van der Waals surface area contributed by atoms with E-state index in [0.717, 1.165) is 19.3 Å². The average molecular weight is 219 g/mol. The van der Waals surface area contributed by atoms with E-state index in [0.29, 0.717) is 0 Å². The molecule has 1 aliphatic carbocycles. The molecule has 0 unspecified atom stereocenters. The maximum absolute atomic E-state index is 8.35. The third-order valence-corrected chi connectivity index (χ3v) is 2.72. The lowest BCUT2D eigenvalue weighted by Gasteiger charge is -2.05. The van der Waals surface area contributed by atoms with Crippen molar-refractivity contribution < 1.29 is 13.6 Å². The number of hydrogen-bond acceptors (Lipinski definition) is 4. The van der Waals surface area contributed by atoms with Crippen LogP contribution in [0.1, 0.15) is 39.5 Å². The molecular weight excluding hydrogens is 198 g/mol. The van der Waals surface area contributed by atoms with E-state index < -0.39 is 10.0 Å². The molecule has 0 heterocycles. The Balaban J connectivity index is 0. The van der Waals surface area contributed by atoms with Crippen LogP contribution in [0.5, 0.6) is 0 Å². The van der Waals surface area contributed by atoms with E-state index in [1.165, 1.54) is 25.7 Å². The van der Waals surface area contributed by atoms with E-state index >= 15 is 0 Å². The van der Waals surface area contributed by atoms with Crippen molar-refractivity contribution in [1.29, 1.82) is 5.41 Å². The van der Waals surface area contributed by atoms with E-state index in [1.54, 1.807) is 0 Å². The molecule has 0 spiro atoms. The van der Waals surface area contributed by atoms with Crippen molar-refractivity contribution >= 4 is 16.1 Å². The minimum atomic E-state index is -0.589. The molecule has 0 amide bonds. The minimum Gasteiger partial charge on any atom is -0.399 e. The van der Waals surface area contributed by atoms with Gasteiger partial charge in [0.1, 0.15) is 0 Å². The Kier molecular flexibility index (Phi) is 20.9. The van der Waals surface area contributed by atoms with Crippen molar-refractivity contribution in [2.75, 3.05) is 13.2 Å². The zero-order valence-electron chi connectivity index (χ0n) is 9.17. The van der Waals surface area contributed by atoms with Gasteiger partial charge in [0.05, 0.1) is 0 Å². The molecule has 84 valence electrons. The summed E-state index contributed by atoms with van der Waals surface area (Å²) in [5.41, 5.74) is 0. The van der Waals surface area contributed by atoms with Gasteiger partial charge in [0.2, 0.25) is 6.08 Å². The molecule has 1 fully saturated rings. The molecule has 14 heavy (non-hydrogen) atoms. The zero-order chi connectivity index (χ0) is 11.1. The van der Waals surface area contributed by atoms with E-state index in [2.05, 4.69) is 0 Å². The van der Waals surface area contributed by atoms with Crippen molar-refractivity contribution in [2.45, 2.75) is 39.5 Å². The van der Waals surface area contributed by atoms with Crippen molar-refractivity contribution in [3.8, 4) is 0 Å². The van der Waals surface area contributed by atoms with Gasteiger partial charge in [-0.3, -0.25) is 0 Å². The molecule has 0 aromatic carbocycles. The first-order valence-electron chi connectivity index (χ1n) is 5.02. The molecule has 1 N–H and O–H groups in total. The van der Waals surface area contributed by atoms with Gasteiger partial charge in [-0.25, -0.2) is 10.2 Å². The molecule has 0 aromatic rings. The van der Waals surface area contributed by atoms with E-state index in [9.17, 15) is 0 Å². The molecule has 0 radical (unpaired) electrons. The number of hydrogen-bond donors (Lipinski definition) is 1. The Bertz CT molecular complexity index is 115. The van der Waals surface area contributed by atoms with Crippen LogP contribution in [-0.2, 0) is 13.6 Å². The summed E-state index contributed by atoms with van der Waals surface area (Å²) in [6.07, 6.45) is 6.75. The zero-order valence-corrected chi connectivity index (χ0v) is 10.6. The fourth-order valence-electron chi connectivity index (χ4n) is 0.476. The molecule has 0 atom stereocenters.